The molecule has 1 aromatic heterocycles. The van der Waals surface area contributed by atoms with E-state index in [1.54, 1.807) is 30.3 Å². The fourth-order valence-electron chi connectivity index (χ4n) is 4.35. The van der Waals surface area contributed by atoms with Gasteiger partial charge in [0, 0.05) is 31.0 Å². The predicted molar refractivity (Wildman–Crippen MR) is 128 cm³/mol. The second kappa shape index (κ2) is 9.10. The Morgan fingerprint density at radius 3 is 2.58 bits per heavy atom. The number of nitrogens with zero attached hydrogens (tertiary/aromatic N) is 3. The number of hydrogen-bond donors (Lipinski definition) is 0. The summed E-state index contributed by atoms with van der Waals surface area (Å²) in [7, 11) is 0. The summed E-state index contributed by atoms with van der Waals surface area (Å²) in [5.74, 6) is -0.520. The number of fused-ring (bicyclic) bond motifs is 1. The standard InChI is InChI=1S/C24H24ClN3O4S/c1-16(21(29)27-11-9-24(10-12-27)31-13-14-32-24)33-23-26-20-8-3-2-7-19(20)22(30)28(23)18-6-4-5-17(25)15-18/h2-8,15-16H,9-14H2,1H3. The zero-order valence-corrected chi connectivity index (χ0v) is 19.8. The minimum Gasteiger partial charge on any atom is -0.347 e. The molecule has 7 nitrogen and oxygen atoms in total. The highest BCUT2D eigenvalue weighted by atomic mass is 35.5. The lowest BCUT2D eigenvalue weighted by Crippen LogP contribution is -2.49. The van der Waals surface area contributed by atoms with Crippen LogP contribution in [0.15, 0.2) is 58.5 Å². The van der Waals surface area contributed by atoms with Crippen LogP contribution in [0.5, 0.6) is 0 Å². The normalized spacial score (nSPS) is 18.7. The summed E-state index contributed by atoms with van der Waals surface area (Å²) < 4.78 is 13.1. The smallest absolute Gasteiger partial charge is 0.266 e. The second-order valence-corrected chi connectivity index (χ2v) is 9.97. The highest BCUT2D eigenvalue weighted by Crippen LogP contribution is 2.33. The minimum absolute atomic E-state index is 0.00731. The van der Waals surface area contributed by atoms with Crippen LogP contribution in [0.25, 0.3) is 16.6 Å². The Labute approximate surface area is 200 Å². The topological polar surface area (TPSA) is 73.7 Å². The Bertz CT molecular complexity index is 1250. The van der Waals surface area contributed by atoms with Crippen LogP contribution in [0.1, 0.15) is 19.8 Å². The molecule has 0 bridgehead atoms. The number of hydrogen-bond acceptors (Lipinski definition) is 6. The number of carbonyl (C=O) groups is 1. The monoisotopic (exact) mass is 485 g/mol. The molecule has 5 rings (SSSR count). The lowest BCUT2D eigenvalue weighted by molar-refractivity contribution is -0.187. The van der Waals surface area contributed by atoms with Crippen molar-refractivity contribution in [2.24, 2.45) is 0 Å². The first-order valence-corrected chi connectivity index (χ1v) is 12.2. The number of thioether (sulfide) groups is 1. The number of piperidine rings is 1. The Hall–Kier alpha value is -2.39. The van der Waals surface area contributed by atoms with Crippen molar-refractivity contribution in [2.75, 3.05) is 26.3 Å². The molecule has 9 heteroatoms. The van der Waals surface area contributed by atoms with Gasteiger partial charge in [0.1, 0.15) is 0 Å². The number of likely N-dealkylation sites (tertiary alicyclic amines) is 1. The number of carbonyl (C=O) groups excluding carboxylic acids is 1. The molecule has 1 atom stereocenters. The zero-order valence-electron chi connectivity index (χ0n) is 18.2. The van der Waals surface area contributed by atoms with Crippen molar-refractivity contribution < 1.29 is 14.3 Å². The average Bonchev–Trinajstić information content (AvgIpc) is 3.27. The van der Waals surface area contributed by atoms with Crippen molar-refractivity contribution in [1.82, 2.24) is 14.5 Å². The van der Waals surface area contributed by atoms with Crippen molar-refractivity contribution in [1.29, 1.82) is 0 Å². The van der Waals surface area contributed by atoms with Crippen molar-refractivity contribution in [3.8, 4) is 5.69 Å². The number of para-hydroxylation sites is 1. The number of ether oxygens (including phenoxy) is 2. The third-order valence-corrected chi connectivity index (χ3v) is 7.37. The molecule has 2 fully saturated rings. The summed E-state index contributed by atoms with van der Waals surface area (Å²) in [4.78, 5) is 33.2. The van der Waals surface area contributed by atoms with E-state index in [1.807, 2.05) is 30.0 Å². The first-order valence-electron chi connectivity index (χ1n) is 11.0. The molecular formula is C24H24ClN3O4S. The molecule has 2 saturated heterocycles. The summed E-state index contributed by atoms with van der Waals surface area (Å²) in [6, 6.07) is 14.3. The number of aromatic nitrogens is 2. The molecule has 1 amide bonds. The average molecular weight is 486 g/mol. The van der Waals surface area contributed by atoms with Crippen LogP contribution in [0.3, 0.4) is 0 Å². The summed E-state index contributed by atoms with van der Waals surface area (Å²) in [6.07, 6.45) is 1.33. The van der Waals surface area contributed by atoms with Gasteiger partial charge in [-0.1, -0.05) is 41.6 Å². The van der Waals surface area contributed by atoms with Crippen LogP contribution in [0.4, 0.5) is 0 Å². The molecule has 172 valence electrons. The molecule has 3 heterocycles. The van der Waals surface area contributed by atoms with E-state index >= 15 is 0 Å². The maximum atomic E-state index is 13.4. The van der Waals surface area contributed by atoms with E-state index in [2.05, 4.69) is 0 Å². The SMILES string of the molecule is CC(Sc1nc2ccccc2c(=O)n1-c1cccc(Cl)c1)C(=O)N1CCC2(CC1)OCCO2. The first-order chi connectivity index (χ1) is 16.0. The lowest BCUT2D eigenvalue weighted by atomic mass is 10.0. The van der Waals surface area contributed by atoms with Crippen molar-refractivity contribution >= 4 is 40.2 Å². The quantitative estimate of drug-likeness (QED) is 0.412. The molecule has 1 unspecified atom stereocenters. The van der Waals surface area contributed by atoms with Crippen molar-refractivity contribution in [2.45, 2.75) is 36.0 Å². The van der Waals surface area contributed by atoms with Gasteiger partial charge in [0.25, 0.3) is 5.56 Å². The molecular weight excluding hydrogens is 462 g/mol. The summed E-state index contributed by atoms with van der Waals surface area (Å²) in [5, 5.41) is 1.06. The molecule has 2 aromatic carbocycles. The second-order valence-electron chi connectivity index (χ2n) is 8.22. The van der Waals surface area contributed by atoms with Crippen LogP contribution in [0.2, 0.25) is 5.02 Å². The molecule has 0 N–H and O–H groups in total. The molecule has 0 radical (unpaired) electrons. The highest BCUT2D eigenvalue weighted by molar-refractivity contribution is 8.00. The van der Waals surface area contributed by atoms with Gasteiger partial charge in [0.15, 0.2) is 10.9 Å². The number of amides is 1. The van der Waals surface area contributed by atoms with Crippen LogP contribution in [-0.4, -0.2) is 57.7 Å². The molecule has 33 heavy (non-hydrogen) atoms. The zero-order chi connectivity index (χ0) is 23.0. The van der Waals surface area contributed by atoms with Gasteiger partial charge in [0.05, 0.1) is 35.1 Å². The Kier molecular flexibility index (Phi) is 6.18. The van der Waals surface area contributed by atoms with Gasteiger partial charge >= 0.3 is 0 Å². The lowest BCUT2D eigenvalue weighted by Gasteiger charge is -2.38. The van der Waals surface area contributed by atoms with Crippen LogP contribution < -0.4 is 5.56 Å². The van der Waals surface area contributed by atoms with E-state index < -0.39 is 11.0 Å². The summed E-state index contributed by atoms with van der Waals surface area (Å²) in [5.41, 5.74) is 1.02. The van der Waals surface area contributed by atoms with Crippen LogP contribution in [0, 0.1) is 0 Å². The maximum Gasteiger partial charge on any atom is 0.266 e. The van der Waals surface area contributed by atoms with Gasteiger partial charge in [-0.25, -0.2) is 4.98 Å². The van der Waals surface area contributed by atoms with Gasteiger partial charge in [-0.15, -0.1) is 0 Å². The predicted octanol–water partition coefficient (Wildman–Crippen LogP) is 3.89. The van der Waals surface area contributed by atoms with Crippen LogP contribution in [-0.2, 0) is 14.3 Å². The van der Waals surface area contributed by atoms with Crippen molar-refractivity contribution in [3.63, 3.8) is 0 Å². The van der Waals surface area contributed by atoms with E-state index in [1.165, 1.54) is 16.3 Å². The van der Waals surface area contributed by atoms with E-state index in [4.69, 9.17) is 26.1 Å². The van der Waals surface area contributed by atoms with Gasteiger partial charge < -0.3 is 14.4 Å². The molecule has 2 aliphatic heterocycles. The highest BCUT2D eigenvalue weighted by Gasteiger charge is 2.41. The van der Waals surface area contributed by atoms with E-state index in [-0.39, 0.29) is 11.5 Å². The maximum absolute atomic E-state index is 13.4. The molecule has 0 aliphatic carbocycles. The van der Waals surface area contributed by atoms with E-state index in [9.17, 15) is 9.59 Å². The van der Waals surface area contributed by atoms with Gasteiger partial charge in [-0.3, -0.25) is 14.2 Å². The molecule has 0 saturated carbocycles. The number of rotatable bonds is 4. The Balaban J connectivity index is 1.43. The first kappa shape index (κ1) is 22.4. The fraction of sp³-hybridized carbons (Fsp3) is 0.375. The summed E-state index contributed by atoms with van der Waals surface area (Å²) in [6.45, 7) is 4.22. The third-order valence-electron chi connectivity index (χ3n) is 6.09. The number of benzene rings is 2. The molecule has 1 spiro atoms. The Morgan fingerprint density at radius 2 is 1.85 bits per heavy atom. The van der Waals surface area contributed by atoms with Gasteiger partial charge in [-0.2, -0.15) is 0 Å². The van der Waals surface area contributed by atoms with E-state index in [0.29, 0.717) is 65.9 Å². The van der Waals surface area contributed by atoms with Gasteiger partial charge in [-0.05, 0) is 37.3 Å². The largest absolute Gasteiger partial charge is 0.347 e. The number of halogens is 1. The summed E-state index contributed by atoms with van der Waals surface area (Å²) >= 11 is 7.48. The minimum atomic E-state index is -0.528. The fourth-order valence-corrected chi connectivity index (χ4v) is 5.55. The Morgan fingerprint density at radius 1 is 1.12 bits per heavy atom. The van der Waals surface area contributed by atoms with Crippen molar-refractivity contribution in [3.05, 3.63) is 63.9 Å². The van der Waals surface area contributed by atoms with Gasteiger partial charge in [0.2, 0.25) is 5.91 Å². The van der Waals surface area contributed by atoms with Crippen LogP contribution >= 0.6 is 23.4 Å². The third kappa shape index (κ3) is 4.40. The molecule has 2 aliphatic rings. The van der Waals surface area contributed by atoms with E-state index in [0.717, 1.165) is 0 Å². The molecule has 3 aromatic rings.